The number of rotatable bonds is 13. The van der Waals surface area contributed by atoms with Gasteiger partial charge in [-0.25, -0.2) is 0 Å². The molecule has 0 spiro atoms. The molecule has 0 aromatic heterocycles. The summed E-state index contributed by atoms with van der Waals surface area (Å²) in [5, 5.41) is 0. The second-order valence-corrected chi connectivity index (χ2v) is 25.6. The van der Waals surface area contributed by atoms with Gasteiger partial charge in [-0.05, 0) is 80.5 Å². The second kappa shape index (κ2) is 12.9. The Balaban J connectivity index is 1.69. The lowest BCUT2D eigenvalue weighted by molar-refractivity contribution is 0.321. The third-order valence-corrected chi connectivity index (χ3v) is 22.8. The van der Waals surface area contributed by atoms with Crippen molar-refractivity contribution in [2.75, 3.05) is 0 Å². The summed E-state index contributed by atoms with van der Waals surface area (Å²) >= 11 is 0. The number of hydrogen-bond acceptors (Lipinski definition) is 2. The largest absolute Gasteiger partial charge is 0.545 e. The second-order valence-electron chi connectivity index (χ2n) is 14.9. The molecule has 0 fully saturated rings. The molecule has 2 nitrogen and oxygen atoms in total. The minimum atomic E-state index is -2.07. The van der Waals surface area contributed by atoms with Crippen LogP contribution in [0.25, 0.3) is 12.2 Å². The molecule has 0 radical (unpaired) electrons. The van der Waals surface area contributed by atoms with E-state index in [2.05, 4.69) is 144 Å². The molecule has 0 saturated carbocycles. The van der Waals surface area contributed by atoms with Crippen LogP contribution in [0.3, 0.4) is 0 Å². The molecule has 42 heavy (non-hydrogen) atoms. The van der Waals surface area contributed by atoms with Crippen LogP contribution in [0.2, 0.25) is 33.2 Å². The highest BCUT2D eigenvalue weighted by atomic mass is 28.4. The molecule has 0 amide bonds. The van der Waals surface area contributed by atoms with E-state index in [1.54, 1.807) is 0 Å². The monoisotopic (exact) mass is 602 g/mol. The first-order valence-electron chi connectivity index (χ1n) is 16.8. The van der Waals surface area contributed by atoms with Gasteiger partial charge in [0, 0.05) is 11.8 Å². The fourth-order valence-electron chi connectivity index (χ4n) is 8.98. The Labute approximate surface area is 260 Å². The first kappa shape index (κ1) is 32.9. The SMILES string of the molecule is CC(C)[Si](OC1=Cc2ccccc2C1CCC1C(O[Si](C(C)C)(C(C)C)C(C)C)=Cc2ccccc21)(C(C)C)C(C)C. The molecule has 2 unspecified atom stereocenters. The fraction of sp³-hybridized carbons (Fsp3) is 0.579. The zero-order chi connectivity index (χ0) is 31.0. The lowest BCUT2D eigenvalue weighted by atomic mass is 9.88. The molecule has 0 aliphatic heterocycles. The Hall–Kier alpha value is -2.05. The zero-order valence-electron chi connectivity index (χ0n) is 28.6. The quantitative estimate of drug-likeness (QED) is 0.212. The van der Waals surface area contributed by atoms with Crippen LogP contribution in [0.1, 0.15) is 130 Å². The van der Waals surface area contributed by atoms with E-state index in [-0.39, 0.29) is 0 Å². The van der Waals surface area contributed by atoms with Crippen molar-refractivity contribution in [3.05, 3.63) is 82.3 Å². The minimum Gasteiger partial charge on any atom is -0.545 e. The van der Waals surface area contributed by atoms with Crippen LogP contribution in [-0.2, 0) is 8.85 Å². The van der Waals surface area contributed by atoms with Gasteiger partial charge in [0.15, 0.2) is 0 Å². The van der Waals surface area contributed by atoms with Gasteiger partial charge in [0.05, 0.1) is 11.5 Å². The molecule has 2 aliphatic carbocycles. The van der Waals surface area contributed by atoms with E-state index >= 15 is 0 Å². The van der Waals surface area contributed by atoms with Crippen molar-refractivity contribution < 1.29 is 8.85 Å². The molecule has 0 bridgehead atoms. The molecule has 4 heteroatoms. The average molecular weight is 603 g/mol. The van der Waals surface area contributed by atoms with E-state index in [1.165, 1.54) is 33.8 Å². The number of fused-ring (bicyclic) bond motifs is 2. The van der Waals surface area contributed by atoms with Gasteiger partial charge in [0.1, 0.15) is 0 Å². The Morgan fingerprint density at radius 1 is 0.476 bits per heavy atom. The van der Waals surface area contributed by atoms with Crippen LogP contribution in [-0.4, -0.2) is 16.6 Å². The third-order valence-electron chi connectivity index (χ3n) is 10.8. The maximum Gasteiger partial charge on any atom is 0.258 e. The summed E-state index contributed by atoms with van der Waals surface area (Å²) in [5.74, 6) is 3.01. The smallest absolute Gasteiger partial charge is 0.258 e. The number of benzene rings is 2. The molecule has 2 atom stereocenters. The molecular formula is C38H58O2Si2. The van der Waals surface area contributed by atoms with Crippen molar-refractivity contribution in [2.24, 2.45) is 0 Å². The van der Waals surface area contributed by atoms with Crippen molar-refractivity contribution in [1.29, 1.82) is 0 Å². The maximum atomic E-state index is 7.43. The first-order valence-corrected chi connectivity index (χ1v) is 21.0. The molecule has 230 valence electrons. The summed E-state index contributed by atoms with van der Waals surface area (Å²) in [4.78, 5) is 0. The van der Waals surface area contributed by atoms with E-state index < -0.39 is 16.6 Å². The van der Waals surface area contributed by atoms with E-state index in [0.717, 1.165) is 12.8 Å². The highest BCUT2D eigenvalue weighted by molar-refractivity contribution is 6.78. The van der Waals surface area contributed by atoms with Gasteiger partial charge >= 0.3 is 0 Å². The summed E-state index contributed by atoms with van der Waals surface area (Å²) in [6.07, 6.45) is 6.86. The van der Waals surface area contributed by atoms with Crippen molar-refractivity contribution in [1.82, 2.24) is 0 Å². The summed E-state index contributed by atoms with van der Waals surface area (Å²) in [6.45, 7) is 28.7. The topological polar surface area (TPSA) is 18.5 Å². The van der Waals surface area contributed by atoms with Crippen molar-refractivity contribution in [3.63, 3.8) is 0 Å². The molecule has 2 aromatic carbocycles. The predicted molar refractivity (Wildman–Crippen MR) is 188 cm³/mol. The molecule has 4 rings (SSSR count). The van der Waals surface area contributed by atoms with Gasteiger partial charge in [0.2, 0.25) is 0 Å². The summed E-state index contributed by atoms with van der Waals surface area (Å²) < 4.78 is 14.9. The zero-order valence-corrected chi connectivity index (χ0v) is 30.6. The predicted octanol–water partition coefficient (Wildman–Crippen LogP) is 12.4. The van der Waals surface area contributed by atoms with E-state index in [1.807, 2.05) is 0 Å². The van der Waals surface area contributed by atoms with Crippen molar-refractivity contribution in [3.8, 4) is 0 Å². The Morgan fingerprint density at radius 2 is 0.762 bits per heavy atom. The van der Waals surface area contributed by atoms with Gasteiger partial charge in [-0.3, -0.25) is 0 Å². The molecule has 2 aliphatic rings. The van der Waals surface area contributed by atoms with Gasteiger partial charge in [-0.15, -0.1) is 0 Å². The molecule has 2 aromatic rings. The van der Waals surface area contributed by atoms with E-state index in [9.17, 15) is 0 Å². The lowest BCUT2D eigenvalue weighted by Gasteiger charge is -2.44. The van der Waals surface area contributed by atoms with Crippen LogP contribution >= 0.6 is 0 Å². The third kappa shape index (κ3) is 5.75. The molecule has 0 heterocycles. The molecular weight excluding hydrogens is 545 g/mol. The number of allylic oxidation sites excluding steroid dienone is 2. The first-order chi connectivity index (χ1) is 19.8. The Kier molecular flexibility index (Phi) is 10.1. The van der Waals surface area contributed by atoms with E-state index in [4.69, 9.17) is 8.85 Å². The van der Waals surface area contributed by atoms with Crippen LogP contribution in [0.5, 0.6) is 0 Å². The van der Waals surface area contributed by atoms with Crippen molar-refractivity contribution >= 4 is 28.8 Å². The Bertz CT molecular complexity index is 1140. The fourth-order valence-corrected chi connectivity index (χ4v) is 19.6. The van der Waals surface area contributed by atoms with Gasteiger partial charge in [-0.1, -0.05) is 132 Å². The maximum absolute atomic E-state index is 7.43. The van der Waals surface area contributed by atoms with Gasteiger partial charge in [0.25, 0.3) is 16.6 Å². The highest BCUT2D eigenvalue weighted by Crippen LogP contribution is 2.52. The minimum absolute atomic E-state index is 0.292. The number of hydrogen-bond donors (Lipinski definition) is 0. The summed E-state index contributed by atoms with van der Waals surface area (Å²) in [6, 6.07) is 18.0. The average Bonchev–Trinajstić information content (AvgIpc) is 3.44. The molecule has 0 N–H and O–H groups in total. The van der Waals surface area contributed by atoms with Gasteiger partial charge in [-0.2, -0.15) is 0 Å². The normalized spacial score (nSPS) is 18.8. The standard InChI is InChI=1S/C38H58O2Si2/c1-25(2)41(26(3)4,27(5)6)39-37-23-31-17-13-15-19-33(31)35(37)21-22-36-34-20-16-14-18-32(34)24-38(36)40-42(28(7)8,29(9)10)30(11)12/h13-20,23-30,35-36H,21-22H2,1-12H3. The van der Waals surface area contributed by atoms with Crippen LogP contribution < -0.4 is 0 Å². The van der Waals surface area contributed by atoms with Crippen LogP contribution in [0.15, 0.2) is 60.0 Å². The van der Waals surface area contributed by atoms with Crippen LogP contribution in [0.4, 0.5) is 0 Å². The Morgan fingerprint density at radius 3 is 1.05 bits per heavy atom. The van der Waals surface area contributed by atoms with Gasteiger partial charge < -0.3 is 8.85 Å². The lowest BCUT2D eigenvalue weighted by Crippen LogP contribution is -2.47. The van der Waals surface area contributed by atoms with E-state index in [0.29, 0.717) is 45.1 Å². The highest BCUT2D eigenvalue weighted by Gasteiger charge is 2.50. The van der Waals surface area contributed by atoms with Crippen molar-refractivity contribution in [2.45, 2.75) is 141 Å². The summed E-state index contributed by atoms with van der Waals surface area (Å²) in [7, 11) is -4.15. The summed E-state index contributed by atoms with van der Waals surface area (Å²) in [5.41, 5.74) is 8.83. The molecule has 0 saturated heterocycles. The van der Waals surface area contributed by atoms with Crippen LogP contribution in [0, 0.1) is 0 Å².